The van der Waals surface area contributed by atoms with E-state index >= 15 is 0 Å². The maximum Gasteiger partial charge on any atom is 0.222 e. The summed E-state index contributed by atoms with van der Waals surface area (Å²) < 4.78 is 0. The summed E-state index contributed by atoms with van der Waals surface area (Å²) in [7, 11) is 0. The van der Waals surface area contributed by atoms with E-state index in [1.807, 2.05) is 11.8 Å². The van der Waals surface area contributed by atoms with Crippen LogP contribution < -0.4 is 5.73 Å². The first kappa shape index (κ1) is 13.5. The number of nitrogens with two attached hydrogens (primary N) is 1. The fourth-order valence-corrected chi connectivity index (χ4v) is 2.22. The predicted molar refractivity (Wildman–Crippen MR) is 67.0 cm³/mol. The molecule has 3 heteroatoms. The maximum absolute atomic E-state index is 11.9. The smallest absolute Gasteiger partial charge is 0.222 e. The van der Waals surface area contributed by atoms with E-state index in [9.17, 15) is 4.79 Å². The highest BCUT2D eigenvalue weighted by Gasteiger charge is 2.25. The number of rotatable bonds is 4. The van der Waals surface area contributed by atoms with Crippen LogP contribution >= 0.6 is 0 Å². The Bertz CT molecular complexity index is 228. The van der Waals surface area contributed by atoms with Crippen LogP contribution in [0.15, 0.2) is 0 Å². The molecule has 1 amide bonds. The Kier molecular flexibility index (Phi) is 5.26. The lowest BCUT2D eigenvalue weighted by Crippen LogP contribution is -2.42. The van der Waals surface area contributed by atoms with Crippen LogP contribution in [0, 0.1) is 11.8 Å². The third-order valence-electron chi connectivity index (χ3n) is 3.74. The molecule has 2 N–H and O–H groups in total. The molecule has 0 bridgehead atoms. The largest absolute Gasteiger partial charge is 0.342 e. The lowest BCUT2D eigenvalue weighted by atomic mass is 9.88. The number of piperidine rings is 1. The molecule has 1 rings (SSSR count). The Morgan fingerprint density at radius 2 is 2.12 bits per heavy atom. The van der Waals surface area contributed by atoms with Gasteiger partial charge in [-0.1, -0.05) is 13.8 Å². The van der Waals surface area contributed by atoms with Gasteiger partial charge in [-0.15, -0.1) is 0 Å². The van der Waals surface area contributed by atoms with E-state index in [0.717, 1.165) is 38.3 Å². The molecule has 0 radical (unpaired) electrons. The van der Waals surface area contributed by atoms with Crippen LogP contribution in [0.3, 0.4) is 0 Å². The second-order valence-electron chi connectivity index (χ2n) is 5.45. The number of carbonyl (C=O) groups is 1. The molecule has 1 fully saturated rings. The van der Waals surface area contributed by atoms with E-state index in [1.54, 1.807) is 0 Å². The summed E-state index contributed by atoms with van der Waals surface area (Å²) in [5.41, 5.74) is 5.67. The first-order valence-electron chi connectivity index (χ1n) is 6.54. The third-order valence-corrected chi connectivity index (χ3v) is 3.74. The molecule has 0 aromatic carbocycles. The van der Waals surface area contributed by atoms with Gasteiger partial charge in [0.1, 0.15) is 0 Å². The molecule has 0 aliphatic carbocycles. The third kappa shape index (κ3) is 4.12. The summed E-state index contributed by atoms with van der Waals surface area (Å²) in [4.78, 5) is 14.0. The van der Waals surface area contributed by atoms with Gasteiger partial charge in [-0.2, -0.15) is 0 Å². The molecule has 3 atom stereocenters. The van der Waals surface area contributed by atoms with Gasteiger partial charge in [0.25, 0.3) is 0 Å². The molecule has 16 heavy (non-hydrogen) atoms. The quantitative estimate of drug-likeness (QED) is 0.797. The summed E-state index contributed by atoms with van der Waals surface area (Å²) in [6.45, 7) is 8.41. The molecule has 0 spiro atoms. The first-order valence-corrected chi connectivity index (χ1v) is 6.54. The van der Waals surface area contributed by atoms with Crippen LogP contribution in [0.25, 0.3) is 0 Å². The summed E-state index contributed by atoms with van der Waals surface area (Å²) in [6.07, 6.45) is 3.70. The van der Waals surface area contributed by atoms with E-state index < -0.39 is 0 Å². The number of carbonyl (C=O) groups excluding carboxylic acids is 1. The van der Waals surface area contributed by atoms with Gasteiger partial charge in [0.2, 0.25) is 5.91 Å². The van der Waals surface area contributed by atoms with E-state index in [2.05, 4.69) is 13.8 Å². The van der Waals surface area contributed by atoms with Gasteiger partial charge in [0.05, 0.1) is 0 Å². The van der Waals surface area contributed by atoms with Crippen molar-refractivity contribution in [1.82, 2.24) is 4.90 Å². The zero-order valence-corrected chi connectivity index (χ0v) is 10.9. The molecule has 1 aliphatic rings. The summed E-state index contributed by atoms with van der Waals surface area (Å²) >= 11 is 0. The Morgan fingerprint density at radius 1 is 1.44 bits per heavy atom. The molecule has 3 unspecified atom stereocenters. The minimum Gasteiger partial charge on any atom is -0.342 e. The number of amides is 1. The van der Waals surface area contributed by atoms with Gasteiger partial charge in [0, 0.05) is 25.6 Å². The standard InChI is InChI=1S/C13H26N2O/c1-10-7-8-15(9-11(10)2)13(16)6-4-5-12(3)14/h10-12H,4-9,14H2,1-3H3. The zero-order chi connectivity index (χ0) is 12.1. The van der Waals surface area contributed by atoms with Gasteiger partial charge < -0.3 is 10.6 Å². The molecule has 3 nitrogen and oxygen atoms in total. The van der Waals surface area contributed by atoms with Crippen molar-refractivity contribution >= 4 is 5.91 Å². The minimum absolute atomic E-state index is 0.216. The minimum atomic E-state index is 0.216. The number of hydrogen-bond donors (Lipinski definition) is 1. The highest BCUT2D eigenvalue weighted by atomic mass is 16.2. The molecule has 94 valence electrons. The van der Waals surface area contributed by atoms with Crippen molar-refractivity contribution in [3.63, 3.8) is 0 Å². The van der Waals surface area contributed by atoms with Gasteiger partial charge in [-0.05, 0) is 38.0 Å². The van der Waals surface area contributed by atoms with E-state index in [0.29, 0.717) is 18.2 Å². The fourth-order valence-electron chi connectivity index (χ4n) is 2.22. The first-order chi connectivity index (χ1) is 7.50. The van der Waals surface area contributed by atoms with Crippen LogP contribution in [0.5, 0.6) is 0 Å². The fraction of sp³-hybridized carbons (Fsp3) is 0.923. The average Bonchev–Trinajstić information content (AvgIpc) is 2.21. The Morgan fingerprint density at radius 3 is 2.69 bits per heavy atom. The molecule has 0 saturated carbocycles. The van der Waals surface area contributed by atoms with E-state index in [4.69, 9.17) is 5.73 Å². The Labute approximate surface area is 99.4 Å². The van der Waals surface area contributed by atoms with Gasteiger partial charge in [0.15, 0.2) is 0 Å². The van der Waals surface area contributed by atoms with Gasteiger partial charge in [-0.3, -0.25) is 4.79 Å². The van der Waals surface area contributed by atoms with Crippen LogP contribution in [0.1, 0.15) is 46.5 Å². The molecule has 1 aliphatic heterocycles. The van der Waals surface area contributed by atoms with Crippen molar-refractivity contribution in [1.29, 1.82) is 0 Å². The van der Waals surface area contributed by atoms with Gasteiger partial charge in [-0.25, -0.2) is 0 Å². The van der Waals surface area contributed by atoms with Crippen molar-refractivity contribution in [3.8, 4) is 0 Å². The van der Waals surface area contributed by atoms with Crippen molar-refractivity contribution in [2.24, 2.45) is 17.6 Å². The summed E-state index contributed by atoms with van der Waals surface area (Å²) in [6, 6.07) is 0.216. The second-order valence-corrected chi connectivity index (χ2v) is 5.45. The van der Waals surface area contributed by atoms with Crippen molar-refractivity contribution in [3.05, 3.63) is 0 Å². The highest BCUT2D eigenvalue weighted by Crippen LogP contribution is 2.23. The molecular formula is C13H26N2O. The molecular weight excluding hydrogens is 200 g/mol. The topological polar surface area (TPSA) is 46.3 Å². The van der Waals surface area contributed by atoms with Crippen LogP contribution in [-0.4, -0.2) is 29.9 Å². The number of nitrogens with zero attached hydrogens (tertiary/aromatic N) is 1. The molecule has 1 heterocycles. The molecule has 0 aromatic heterocycles. The van der Waals surface area contributed by atoms with Crippen molar-refractivity contribution in [2.45, 2.75) is 52.5 Å². The van der Waals surface area contributed by atoms with Crippen LogP contribution in [0.4, 0.5) is 0 Å². The van der Waals surface area contributed by atoms with Crippen molar-refractivity contribution < 1.29 is 4.79 Å². The SMILES string of the molecule is CC(N)CCCC(=O)N1CCC(C)C(C)C1. The lowest BCUT2D eigenvalue weighted by Gasteiger charge is -2.35. The zero-order valence-electron chi connectivity index (χ0n) is 10.9. The monoisotopic (exact) mass is 226 g/mol. The summed E-state index contributed by atoms with van der Waals surface area (Å²) in [5, 5.41) is 0. The highest BCUT2D eigenvalue weighted by molar-refractivity contribution is 5.76. The van der Waals surface area contributed by atoms with E-state index in [-0.39, 0.29) is 6.04 Å². The molecule has 0 aromatic rings. The normalized spacial score (nSPS) is 27.9. The van der Waals surface area contributed by atoms with Crippen LogP contribution in [0.2, 0.25) is 0 Å². The van der Waals surface area contributed by atoms with Gasteiger partial charge >= 0.3 is 0 Å². The maximum atomic E-state index is 11.9. The summed E-state index contributed by atoms with van der Waals surface area (Å²) in [5.74, 6) is 1.72. The number of likely N-dealkylation sites (tertiary alicyclic amines) is 1. The second kappa shape index (κ2) is 6.24. The van der Waals surface area contributed by atoms with Crippen molar-refractivity contribution in [2.75, 3.05) is 13.1 Å². The molecule has 1 saturated heterocycles. The van der Waals surface area contributed by atoms with E-state index in [1.165, 1.54) is 0 Å². The predicted octanol–water partition coefficient (Wildman–Crippen LogP) is 2.01. The Balaban J connectivity index is 2.26. The lowest BCUT2D eigenvalue weighted by molar-refractivity contribution is -0.133. The Hall–Kier alpha value is -0.570. The number of hydrogen-bond acceptors (Lipinski definition) is 2. The van der Waals surface area contributed by atoms with Crippen LogP contribution in [-0.2, 0) is 4.79 Å². The average molecular weight is 226 g/mol.